The second-order valence-electron chi connectivity index (χ2n) is 3.79. The second-order valence-corrected chi connectivity index (χ2v) is 5.11. The number of hydrogen-bond donors (Lipinski definition) is 2. The average molecular weight is 312 g/mol. The summed E-state index contributed by atoms with van der Waals surface area (Å²) in [5.74, 6) is 0. The van der Waals surface area contributed by atoms with Crippen molar-refractivity contribution < 1.29 is 0 Å². The molecule has 0 aliphatic rings. The molecule has 2 rings (SSSR count). The number of rotatable bonds is 2. The van der Waals surface area contributed by atoms with Gasteiger partial charge in [0.05, 0.1) is 22.1 Å². The van der Waals surface area contributed by atoms with E-state index in [1.165, 1.54) is 0 Å². The fraction of sp³-hybridized carbons (Fsp3) is 0.0769. The highest BCUT2D eigenvalue weighted by Crippen LogP contribution is 2.32. The summed E-state index contributed by atoms with van der Waals surface area (Å²) < 4.78 is 0.955. The van der Waals surface area contributed by atoms with Gasteiger partial charge in [0.1, 0.15) is 0 Å². The fourth-order valence-electron chi connectivity index (χ4n) is 1.57. The van der Waals surface area contributed by atoms with Crippen molar-refractivity contribution in [1.82, 2.24) is 0 Å². The molecule has 2 nitrogen and oxygen atoms in total. The first-order valence-corrected chi connectivity index (χ1v) is 6.32. The summed E-state index contributed by atoms with van der Waals surface area (Å²) in [7, 11) is 0. The van der Waals surface area contributed by atoms with Gasteiger partial charge < -0.3 is 11.1 Å². The van der Waals surface area contributed by atoms with Gasteiger partial charge in [-0.2, -0.15) is 0 Å². The monoisotopic (exact) mass is 310 g/mol. The summed E-state index contributed by atoms with van der Waals surface area (Å²) in [6.45, 7) is 2.00. The molecule has 0 unspecified atom stereocenters. The molecule has 4 heteroatoms. The number of anilines is 3. The Morgan fingerprint density at radius 1 is 1.24 bits per heavy atom. The van der Waals surface area contributed by atoms with Crippen molar-refractivity contribution in [3.63, 3.8) is 0 Å². The van der Waals surface area contributed by atoms with Crippen molar-refractivity contribution in [2.75, 3.05) is 11.1 Å². The lowest BCUT2D eigenvalue weighted by Gasteiger charge is -2.13. The van der Waals surface area contributed by atoms with Crippen LogP contribution in [-0.2, 0) is 0 Å². The Morgan fingerprint density at radius 2 is 2.00 bits per heavy atom. The lowest BCUT2D eigenvalue weighted by molar-refractivity contribution is 1.43. The molecule has 0 saturated carbocycles. The van der Waals surface area contributed by atoms with Gasteiger partial charge in [-0.1, -0.05) is 39.7 Å². The predicted octanol–water partition coefficient (Wildman–Crippen LogP) is 4.74. The third-order valence-corrected chi connectivity index (χ3v) is 3.30. The number of nitrogens with one attached hydrogen (secondary N) is 1. The molecular formula is C13H12BrClN2. The van der Waals surface area contributed by atoms with Gasteiger partial charge in [-0.3, -0.25) is 0 Å². The van der Waals surface area contributed by atoms with Crippen molar-refractivity contribution in [2.24, 2.45) is 0 Å². The Bertz CT molecular complexity index is 535. The van der Waals surface area contributed by atoms with E-state index in [2.05, 4.69) is 21.2 Å². The molecule has 0 aliphatic heterocycles. The van der Waals surface area contributed by atoms with Crippen LogP contribution in [0.4, 0.5) is 17.1 Å². The molecule has 0 bridgehead atoms. The van der Waals surface area contributed by atoms with Crippen molar-refractivity contribution in [3.8, 4) is 0 Å². The van der Waals surface area contributed by atoms with Crippen LogP contribution >= 0.6 is 27.5 Å². The van der Waals surface area contributed by atoms with Crippen LogP contribution in [-0.4, -0.2) is 0 Å². The van der Waals surface area contributed by atoms with Crippen LogP contribution < -0.4 is 11.1 Å². The first kappa shape index (κ1) is 12.3. The topological polar surface area (TPSA) is 38.0 Å². The quantitative estimate of drug-likeness (QED) is 0.786. The van der Waals surface area contributed by atoms with Gasteiger partial charge in [0.15, 0.2) is 0 Å². The van der Waals surface area contributed by atoms with Crippen LogP contribution in [0.15, 0.2) is 40.9 Å². The van der Waals surface area contributed by atoms with Crippen molar-refractivity contribution in [3.05, 3.63) is 51.5 Å². The Morgan fingerprint density at radius 3 is 2.65 bits per heavy atom. The molecule has 0 aliphatic carbocycles. The molecule has 0 aromatic heterocycles. The summed E-state index contributed by atoms with van der Waals surface area (Å²) in [6, 6.07) is 11.5. The maximum atomic E-state index is 6.15. The molecule has 0 fully saturated rings. The molecule has 0 atom stereocenters. The Hall–Kier alpha value is -1.19. The minimum absolute atomic E-state index is 0.679. The van der Waals surface area contributed by atoms with E-state index in [1.54, 1.807) is 0 Å². The first-order chi connectivity index (χ1) is 8.08. The van der Waals surface area contributed by atoms with Crippen molar-refractivity contribution in [1.29, 1.82) is 0 Å². The molecule has 2 aromatic rings. The number of benzene rings is 2. The van der Waals surface area contributed by atoms with E-state index in [0.29, 0.717) is 10.7 Å². The minimum Gasteiger partial charge on any atom is -0.397 e. The number of aryl methyl sites for hydroxylation is 1. The predicted molar refractivity (Wildman–Crippen MR) is 78.0 cm³/mol. The fourth-order valence-corrected chi connectivity index (χ4v) is 2.22. The molecule has 0 spiro atoms. The zero-order valence-corrected chi connectivity index (χ0v) is 11.6. The largest absolute Gasteiger partial charge is 0.397 e. The summed E-state index contributed by atoms with van der Waals surface area (Å²) in [6.07, 6.45) is 0. The van der Waals surface area contributed by atoms with Crippen molar-refractivity contribution >= 4 is 44.6 Å². The Labute approximate surface area is 114 Å². The van der Waals surface area contributed by atoms with E-state index >= 15 is 0 Å². The van der Waals surface area contributed by atoms with Crippen LogP contribution in [0.25, 0.3) is 0 Å². The molecule has 3 N–H and O–H groups in total. The minimum atomic E-state index is 0.679. The maximum Gasteiger partial charge on any atom is 0.0643 e. The molecule has 88 valence electrons. The number of halogens is 2. The molecule has 0 heterocycles. The van der Waals surface area contributed by atoms with Gasteiger partial charge in [0, 0.05) is 4.47 Å². The smallest absolute Gasteiger partial charge is 0.0643 e. The van der Waals surface area contributed by atoms with Gasteiger partial charge in [0.25, 0.3) is 0 Å². The van der Waals surface area contributed by atoms with Crippen LogP contribution in [0, 0.1) is 6.92 Å². The zero-order valence-electron chi connectivity index (χ0n) is 9.30. The van der Waals surface area contributed by atoms with Gasteiger partial charge >= 0.3 is 0 Å². The molecule has 0 saturated heterocycles. The number of nitrogen functional groups attached to an aromatic ring is 1. The summed E-state index contributed by atoms with van der Waals surface area (Å²) >= 11 is 9.53. The lowest BCUT2D eigenvalue weighted by Crippen LogP contribution is -1.98. The van der Waals surface area contributed by atoms with E-state index in [9.17, 15) is 0 Å². The molecule has 0 radical (unpaired) electrons. The van der Waals surface area contributed by atoms with Gasteiger partial charge in [-0.05, 0) is 36.8 Å². The van der Waals surface area contributed by atoms with Crippen LogP contribution in [0.1, 0.15) is 5.56 Å². The third kappa shape index (κ3) is 2.73. The van der Waals surface area contributed by atoms with Crippen molar-refractivity contribution in [2.45, 2.75) is 6.92 Å². The number of para-hydroxylation sites is 1. The summed E-state index contributed by atoms with van der Waals surface area (Å²) in [5.41, 5.74) is 9.44. The van der Waals surface area contributed by atoms with Gasteiger partial charge in [0.2, 0.25) is 0 Å². The lowest BCUT2D eigenvalue weighted by atomic mass is 10.2. The SMILES string of the molecule is Cc1cccc(Cl)c1Nc1ccc(Br)cc1N. The molecular weight excluding hydrogens is 300 g/mol. The first-order valence-electron chi connectivity index (χ1n) is 5.15. The zero-order chi connectivity index (χ0) is 12.4. The molecule has 17 heavy (non-hydrogen) atoms. The Kier molecular flexibility index (Phi) is 3.60. The van der Waals surface area contributed by atoms with Crippen LogP contribution in [0.3, 0.4) is 0 Å². The third-order valence-electron chi connectivity index (χ3n) is 2.50. The molecule has 0 amide bonds. The second kappa shape index (κ2) is 4.98. The highest BCUT2D eigenvalue weighted by molar-refractivity contribution is 9.10. The highest BCUT2D eigenvalue weighted by Gasteiger charge is 2.06. The maximum absolute atomic E-state index is 6.15. The van der Waals surface area contributed by atoms with Crippen LogP contribution in [0.5, 0.6) is 0 Å². The number of nitrogens with two attached hydrogens (primary N) is 1. The number of hydrogen-bond acceptors (Lipinski definition) is 2. The Balaban J connectivity index is 2.38. The van der Waals surface area contributed by atoms with E-state index < -0.39 is 0 Å². The van der Waals surface area contributed by atoms with Gasteiger partial charge in [-0.25, -0.2) is 0 Å². The highest BCUT2D eigenvalue weighted by atomic mass is 79.9. The average Bonchev–Trinajstić information content (AvgIpc) is 2.26. The standard InChI is InChI=1S/C13H12BrClN2/c1-8-3-2-4-10(15)13(8)17-12-6-5-9(14)7-11(12)16/h2-7,17H,16H2,1H3. The van der Waals surface area contributed by atoms with E-state index in [-0.39, 0.29) is 0 Å². The summed E-state index contributed by atoms with van der Waals surface area (Å²) in [5, 5.41) is 3.95. The molecule has 2 aromatic carbocycles. The van der Waals surface area contributed by atoms with E-state index in [1.807, 2.05) is 43.3 Å². The van der Waals surface area contributed by atoms with E-state index in [0.717, 1.165) is 21.4 Å². The normalized spacial score (nSPS) is 10.3. The van der Waals surface area contributed by atoms with Gasteiger partial charge in [-0.15, -0.1) is 0 Å². The summed E-state index contributed by atoms with van der Waals surface area (Å²) in [4.78, 5) is 0. The van der Waals surface area contributed by atoms with E-state index in [4.69, 9.17) is 17.3 Å². The van der Waals surface area contributed by atoms with Crippen LogP contribution in [0.2, 0.25) is 5.02 Å².